The molecule has 160 valence electrons. The zero-order chi connectivity index (χ0) is 19.7. The molecule has 1 aliphatic heterocycles. The minimum Gasteiger partial charge on any atom is -0.357 e. The summed E-state index contributed by atoms with van der Waals surface area (Å²) in [6.07, 6.45) is -1.77. The first kappa shape index (κ1) is 24.7. The summed E-state index contributed by atoms with van der Waals surface area (Å²) in [6, 6.07) is 5.89. The number of nitrogens with zero attached hydrogens (tertiary/aromatic N) is 5. The molecule has 1 N–H and O–H groups in total. The SMILES string of the molecule is CCNC(=NCCCN(C)CC(F)(F)F)N1CCN(c2ccccn2)CC1.I. The van der Waals surface area contributed by atoms with E-state index in [-0.39, 0.29) is 24.0 Å². The van der Waals surface area contributed by atoms with Gasteiger partial charge in [0.2, 0.25) is 0 Å². The lowest BCUT2D eigenvalue weighted by Crippen LogP contribution is -2.52. The average Bonchev–Trinajstić information content (AvgIpc) is 2.64. The Kier molecular flexibility index (Phi) is 10.9. The van der Waals surface area contributed by atoms with Gasteiger partial charge in [-0.25, -0.2) is 4.98 Å². The van der Waals surface area contributed by atoms with Crippen LogP contribution in [0.3, 0.4) is 0 Å². The van der Waals surface area contributed by atoms with Crippen LogP contribution in [0.1, 0.15) is 13.3 Å². The van der Waals surface area contributed by atoms with E-state index in [1.807, 2.05) is 25.1 Å². The molecular formula is C18H30F3IN6. The number of aromatic nitrogens is 1. The molecule has 2 heterocycles. The first-order valence-corrected chi connectivity index (χ1v) is 9.33. The normalized spacial score (nSPS) is 15.6. The van der Waals surface area contributed by atoms with Crippen molar-refractivity contribution < 1.29 is 13.2 Å². The molecule has 2 rings (SSSR count). The number of halogens is 4. The Morgan fingerprint density at radius 3 is 2.54 bits per heavy atom. The van der Waals surface area contributed by atoms with Crippen molar-refractivity contribution in [2.45, 2.75) is 19.5 Å². The predicted molar refractivity (Wildman–Crippen MR) is 118 cm³/mol. The third-order valence-electron chi connectivity index (χ3n) is 4.30. The number of hydrogen-bond donors (Lipinski definition) is 1. The van der Waals surface area contributed by atoms with Crippen LogP contribution in [0.25, 0.3) is 0 Å². The number of nitrogens with one attached hydrogen (secondary N) is 1. The largest absolute Gasteiger partial charge is 0.401 e. The summed E-state index contributed by atoms with van der Waals surface area (Å²) in [5.74, 6) is 1.81. The van der Waals surface area contributed by atoms with Crippen LogP contribution in [0, 0.1) is 0 Å². The molecule has 1 aromatic rings. The van der Waals surface area contributed by atoms with Gasteiger partial charge in [0.05, 0.1) is 6.54 Å². The standard InChI is InChI=1S/C18H29F3N6.HI/c1-3-22-17(24-9-6-10-25(2)15-18(19,20)21)27-13-11-26(12-14-27)16-7-4-5-8-23-16;/h4-5,7-8H,3,6,9-15H2,1-2H3,(H,22,24);1H. The number of hydrogen-bond acceptors (Lipinski definition) is 4. The van der Waals surface area contributed by atoms with Gasteiger partial charge in [0.1, 0.15) is 5.82 Å². The van der Waals surface area contributed by atoms with Gasteiger partial charge in [0.25, 0.3) is 0 Å². The number of anilines is 1. The van der Waals surface area contributed by atoms with Gasteiger partial charge in [0.15, 0.2) is 5.96 Å². The van der Waals surface area contributed by atoms with E-state index in [4.69, 9.17) is 0 Å². The number of aliphatic imine (C=N–C) groups is 1. The van der Waals surface area contributed by atoms with E-state index in [2.05, 4.69) is 25.1 Å². The molecule has 0 amide bonds. The van der Waals surface area contributed by atoms with Crippen LogP contribution in [0.2, 0.25) is 0 Å². The van der Waals surface area contributed by atoms with Crippen molar-refractivity contribution >= 4 is 35.8 Å². The maximum Gasteiger partial charge on any atom is 0.401 e. The number of guanidine groups is 1. The second-order valence-corrected chi connectivity index (χ2v) is 6.60. The van der Waals surface area contributed by atoms with Crippen molar-refractivity contribution in [3.05, 3.63) is 24.4 Å². The van der Waals surface area contributed by atoms with Crippen molar-refractivity contribution in [3.8, 4) is 0 Å². The average molecular weight is 514 g/mol. The van der Waals surface area contributed by atoms with Gasteiger partial charge in [0, 0.05) is 45.5 Å². The third-order valence-corrected chi connectivity index (χ3v) is 4.30. The fourth-order valence-electron chi connectivity index (χ4n) is 3.02. The highest BCUT2D eigenvalue weighted by Crippen LogP contribution is 2.15. The summed E-state index contributed by atoms with van der Waals surface area (Å²) in [7, 11) is 1.49. The molecule has 1 aliphatic rings. The second kappa shape index (κ2) is 12.3. The molecule has 0 aromatic carbocycles. The van der Waals surface area contributed by atoms with E-state index in [0.717, 1.165) is 44.5 Å². The molecule has 0 unspecified atom stereocenters. The van der Waals surface area contributed by atoms with E-state index in [1.54, 1.807) is 6.20 Å². The molecule has 28 heavy (non-hydrogen) atoms. The Bertz CT molecular complexity index is 576. The number of alkyl halides is 3. The summed E-state index contributed by atoms with van der Waals surface area (Å²) in [6.45, 7) is 6.13. The summed E-state index contributed by atoms with van der Waals surface area (Å²) in [5.41, 5.74) is 0. The molecule has 10 heteroatoms. The van der Waals surface area contributed by atoms with Gasteiger partial charge in [-0.3, -0.25) is 9.89 Å². The van der Waals surface area contributed by atoms with E-state index in [0.29, 0.717) is 19.5 Å². The maximum absolute atomic E-state index is 12.3. The van der Waals surface area contributed by atoms with Gasteiger partial charge in [-0.2, -0.15) is 13.2 Å². The van der Waals surface area contributed by atoms with Crippen molar-refractivity contribution in [2.24, 2.45) is 4.99 Å². The number of pyridine rings is 1. The smallest absolute Gasteiger partial charge is 0.357 e. The highest BCUT2D eigenvalue weighted by atomic mass is 127. The molecule has 0 saturated carbocycles. The first-order valence-electron chi connectivity index (χ1n) is 9.33. The summed E-state index contributed by atoms with van der Waals surface area (Å²) < 4.78 is 37.0. The van der Waals surface area contributed by atoms with E-state index in [9.17, 15) is 13.2 Å². The molecular weight excluding hydrogens is 484 g/mol. The molecule has 1 fully saturated rings. The highest BCUT2D eigenvalue weighted by molar-refractivity contribution is 14.0. The van der Waals surface area contributed by atoms with E-state index < -0.39 is 12.7 Å². The fourth-order valence-corrected chi connectivity index (χ4v) is 3.02. The van der Waals surface area contributed by atoms with Gasteiger partial charge in [-0.05, 0) is 39.1 Å². The topological polar surface area (TPSA) is 47.0 Å². The minimum atomic E-state index is -4.15. The quantitative estimate of drug-likeness (QED) is 0.263. The Balaban J connectivity index is 0.00000392. The van der Waals surface area contributed by atoms with Crippen LogP contribution >= 0.6 is 24.0 Å². The molecule has 0 radical (unpaired) electrons. The molecule has 0 spiro atoms. The monoisotopic (exact) mass is 514 g/mol. The predicted octanol–water partition coefficient (Wildman–Crippen LogP) is 2.67. The van der Waals surface area contributed by atoms with Crippen LogP contribution in [0.4, 0.5) is 19.0 Å². The van der Waals surface area contributed by atoms with Crippen molar-refractivity contribution in [1.82, 2.24) is 20.1 Å². The molecule has 1 aromatic heterocycles. The highest BCUT2D eigenvalue weighted by Gasteiger charge is 2.28. The summed E-state index contributed by atoms with van der Waals surface area (Å²) in [5, 5.41) is 3.28. The van der Waals surface area contributed by atoms with Gasteiger partial charge < -0.3 is 15.1 Å². The Morgan fingerprint density at radius 1 is 1.25 bits per heavy atom. The lowest BCUT2D eigenvalue weighted by Gasteiger charge is -2.37. The van der Waals surface area contributed by atoms with Crippen molar-refractivity contribution in [2.75, 3.05) is 64.3 Å². The van der Waals surface area contributed by atoms with Crippen molar-refractivity contribution in [1.29, 1.82) is 0 Å². The molecule has 0 aliphatic carbocycles. The van der Waals surface area contributed by atoms with E-state index >= 15 is 0 Å². The second-order valence-electron chi connectivity index (χ2n) is 6.60. The minimum absolute atomic E-state index is 0. The number of piperazine rings is 1. The first-order chi connectivity index (χ1) is 12.9. The van der Waals surface area contributed by atoms with Gasteiger partial charge in [-0.15, -0.1) is 24.0 Å². The van der Waals surface area contributed by atoms with Crippen LogP contribution < -0.4 is 10.2 Å². The third kappa shape index (κ3) is 8.80. The molecule has 1 saturated heterocycles. The van der Waals surface area contributed by atoms with E-state index in [1.165, 1.54) is 11.9 Å². The van der Waals surface area contributed by atoms with Gasteiger partial charge >= 0.3 is 6.18 Å². The maximum atomic E-state index is 12.3. The number of rotatable bonds is 7. The lowest BCUT2D eigenvalue weighted by atomic mass is 10.3. The zero-order valence-electron chi connectivity index (χ0n) is 16.5. The molecule has 0 atom stereocenters. The van der Waals surface area contributed by atoms with Crippen LogP contribution in [0.5, 0.6) is 0 Å². The Labute approximate surface area is 182 Å². The van der Waals surface area contributed by atoms with Gasteiger partial charge in [-0.1, -0.05) is 6.07 Å². The van der Waals surface area contributed by atoms with Crippen molar-refractivity contribution in [3.63, 3.8) is 0 Å². The Morgan fingerprint density at radius 2 is 1.96 bits per heavy atom. The molecule has 6 nitrogen and oxygen atoms in total. The summed E-state index contributed by atoms with van der Waals surface area (Å²) >= 11 is 0. The summed E-state index contributed by atoms with van der Waals surface area (Å²) in [4.78, 5) is 14.7. The van der Waals surface area contributed by atoms with Crippen LogP contribution in [0.15, 0.2) is 29.4 Å². The fraction of sp³-hybridized carbons (Fsp3) is 0.667. The zero-order valence-corrected chi connectivity index (χ0v) is 18.8. The van der Waals surface area contributed by atoms with Crippen LogP contribution in [-0.2, 0) is 0 Å². The molecule has 0 bridgehead atoms. The lowest BCUT2D eigenvalue weighted by molar-refractivity contribution is -0.143. The van der Waals surface area contributed by atoms with Crippen LogP contribution in [-0.4, -0.2) is 86.3 Å². The Hall–Kier alpha value is -1.30.